The highest BCUT2D eigenvalue weighted by atomic mass is 32.2. The van der Waals surface area contributed by atoms with E-state index in [9.17, 15) is 4.79 Å². The minimum Gasteiger partial charge on any atom is -0.486 e. The van der Waals surface area contributed by atoms with Crippen LogP contribution >= 0.6 is 11.8 Å². The summed E-state index contributed by atoms with van der Waals surface area (Å²) in [6.07, 6.45) is 2.14. The number of benzene rings is 1. The van der Waals surface area contributed by atoms with Crippen molar-refractivity contribution in [3.05, 3.63) is 54.2 Å². The van der Waals surface area contributed by atoms with Crippen molar-refractivity contribution in [1.29, 1.82) is 5.26 Å². The minimum atomic E-state index is -0.263. The summed E-state index contributed by atoms with van der Waals surface area (Å²) >= 11 is 1.40. The Hall–Kier alpha value is -2.56. The van der Waals surface area contributed by atoms with E-state index in [1.165, 1.54) is 11.8 Å². The first-order valence-electron chi connectivity index (χ1n) is 8.32. The highest BCUT2D eigenvalue weighted by molar-refractivity contribution is 7.99. The third-order valence-electron chi connectivity index (χ3n) is 3.91. The molecule has 2 unspecified atom stereocenters. The van der Waals surface area contributed by atoms with Gasteiger partial charge in [-0.25, -0.2) is 4.98 Å². The lowest BCUT2D eigenvalue weighted by atomic mass is 10.1. The first kappa shape index (κ1) is 18.2. The standard InChI is InChI=1S/C19H19N3O3S/c20-11-14-4-6-15(7-5-14)25-17-12-24-10-8-16(17)22-18(23)13-26-19-3-1-2-9-21-19/h1-7,9,16-17H,8,10,12-13H2,(H,22,23). The summed E-state index contributed by atoms with van der Waals surface area (Å²) in [4.78, 5) is 16.5. The normalized spacial score (nSPS) is 19.3. The Balaban J connectivity index is 1.54. The van der Waals surface area contributed by atoms with Crippen LogP contribution in [-0.4, -0.2) is 42.0 Å². The SMILES string of the molecule is N#Cc1ccc(OC2COCCC2NC(=O)CSc2ccccn2)cc1. The number of thioether (sulfide) groups is 1. The van der Waals surface area contributed by atoms with Crippen molar-refractivity contribution in [1.82, 2.24) is 10.3 Å². The molecule has 1 fully saturated rings. The van der Waals surface area contributed by atoms with E-state index >= 15 is 0 Å². The zero-order valence-electron chi connectivity index (χ0n) is 14.1. The summed E-state index contributed by atoms with van der Waals surface area (Å²) in [6.45, 7) is 1.00. The molecule has 1 aromatic heterocycles. The van der Waals surface area contributed by atoms with Crippen molar-refractivity contribution in [2.45, 2.75) is 23.6 Å². The van der Waals surface area contributed by atoms with Crippen LogP contribution in [-0.2, 0) is 9.53 Å². The molecule has 3 rings (SSSR count). The number of pyridine rings is 1. The molecule has 2 heterocycles. The highest BCUT2D eigenvalue weighted by Gasteiger charge is 2.29. The number of hydrogen-bond donors (Lipinski definition) is 1. The largest absolute Gasteiger partial charge is 0.486 e. The molecule has 1 aliphatic heterocycles. The van der Waals surface area contributed by atoms with Gasteiger partial charge in [-0.1, -0.05) is 17.8 Å². The molecule has 7 heteroatoms. The summed E-state index contributed by atoms with van der Waals surface area (Å²) in [6, 6.07) is 14.5. The van der Waals surface area contributed by atoms with Crippen LogP contribution in [0, 0.1) is 11.3 Å². The Labute approximate surface area is 156 Å². The summed E-state index contributed by atoms with van der Waals surface area (Å²) in [5.74, 6) is 0.903. The first-order valence-corrected chi connectivity index (χ1v) is 9.31. The Morgan fingerprint density at radius 1 is 1.35 bits per heavy atom. The van der Waals surface area contributed by atoms with E-state index < -0.39 is 0 Å². The fourth-order valence-corrected chi connectivity index (χ4v) is 3.27. The Morgan fingerprint density at radius 3 is 2.92 bits per heavy atom. The van der Waals surface area contributed by atoms with E-state index in [-0.39, 0.29) is 18.1 Å². The van der Waals surface area contributed by atoms with Crippen LogP contribution < -0.4 is 10.1 Å². The number of amides is 1. The van der Waals surface area contributed by atoms with Gasteiger partial charge in [0.05, 0.1) is 35.1 Å². The fraction of sp³-hybridized carbons (Fsp3) is 0.316. The first-order chi connectivity index (χ1) is 12.7. The summed E-state index contributed by atoms with van der Waals surface area (Å²) in [7, 11) is 0. The fourth-order valence-electron chi connectivity index (χ4n) is 2.60. The molecule has 26 heavy (non-hydrogen) atoms. The molecule has 1 saturated heterocycles. The second-order valence-corrected chi connectivity index (χ2v) is 6.78. The number of carbonyl (C=O) groups is 1. The molecule has 1 amide bonds. The van der Waals surface area contributed by atoms with Gasteiger partial charge >= 0.3 is 0 Å². The highest BCUT2D eigenvalue weighted by Crippen LogP contribution is 2.19. The Kier molecular flexibility index (Phi) is 6.47. The second kappa shape index (κ2) is 9.22. The lowest BCUT2D eigenvalue weighted by Crippen LogP contribution is -2.51. The van der Waals surface area contributed by atoms with E-state index in [4.69, 9.17) is 14.7 Å². The molecule has 0 spiro atoms. The van der Waals surface area contributed by atoms with Crippen molar-refractivity contribution >= 4 is 17.7 Å². The maximum absolute atomic E-state index is 12.3. The average molecular weight is 369 g/mol. The minimum absolute atomic E-state index is 0.0546. The topological polar surface area (TPSA) is 84.2 Å². The van der Waals surface area contributed by atoms with Crippen LogP contribution in [0.25, 0.3) is 0 Å². The summed E-state index contributed by atoms with van der Waals surface area (Å²) in [5, 5.41) is 12.7. The third kappa shape index (κ3) is 5.22. The van der Waals surface area contributed by atoms with Crippen molar-refractivity contribution in [3.8, 4) is 11.8 Å². The van der Waals surface area contributed by atoms with E-state index in [1.54, 1.807) is 30.5 Å². The zero-order valence-corrected chi connectivity index (χ0v) is 14.9. The van der Waals surface area contributed by atoms with Gasteiger partial charge in [0.25, 0.3) is 0 Å². The van der Waals surface area contributed by atoms with Gasteiger partial charge in [0.1, 0.15) is 11.9 Å². The molecule has 0 radical (unpaired) electrons. The van der Waals surface area contributed by atoms with Crippen LogP contribution in [0.5, 0.6) is 5.75 Å². The molecular formula is C19H19N3O3S. The number of carbonyl (C=O) groups excluding carboxylic acids is 1. The predicted molar refractivity (Wildman–Crippen MR) is 97.9 cm³/mol. The molecule has 1 N–H and O–H groups in total. The van der Waals surface area contributed by atoms with Crippen molar-refractivity contribution in [2.24, 2.45) is 0 Å². The smallest absolute Gasteiger partial charge is 0.230 e. The number of ether oxygens (including phenoxy) is 2. The van der Waals surface area contributed by atoms with Crippen LogP contribution in [0.15, 0.2) is 53.7 Å². The van der Waals surface area contributed by atoms with Gasteiger partial charge in [0.2, 0.25) is 5.91 Å². The average Bonchev–Trinajstić information content (AvgIpc) is 2.69. The number of nitrogens with one attached hydrogen (secondary N) is 1. The van der Waals surface area contributed by atoms with Gasteiger partial charge < -0.3 is 14.8 Å². The molecule has 134 valence electrons. The van der Waals surface area contributed by atoms with Crippen molar-refractivity contribution in [3.63, 3.8) is 0 Å². The maximum Gasteiger partial charge on any atom is 0.230 e. The lowest BCUT2D eigenvalue weighted by Gasteiger charge is -2.32. The summed E-state index contributed by atoms with van der Waals surface area (Å²) in [5.41, 5.74) is 0.577. The van der Waals surface area contributed by atoms with E-state index in [1.807, 2.05) is 18.2 Å². The van der Waals surface area contributed by atoms with Gasteiger partial charge in [-0.15, -0.1) is 0 Å². The van der Waals surface area contributed by atoms with Crippen LogP contribution in [0.3, 0.4) is 0 Å². The third-order valence-corrected chi connectivity index (χ3v) is 4.85. The lowest BCUT2D eigenvalue weighted by molar-refractivity contribution is -0.121. The van der Waals surface area contributed by atoms with Crippen LogP contribution in [0.4, 0.5) is 0 Å². The molecule has 6 nitrogen and oxygen atoms in total. The quantitative estimate of drug-likeness (QED) is 0.787. The van der Waals surface area contributed by atoms with Gasteiger partial charge in [0, 0.05) is 12.8 Å². The molecular weight excluding hydrogens is 350 g/mol. The predicted octanol–water partition coefficient (Wildman–Crippen LogP) is 2.40. The van der Waals surface area contributed by atoms with Crippen LogP contribution in [0.1, 0.15) is 12.0 Å². The molecule has 0 bridgehead atoms. The Bertz CT molecular complexity index is 762. The molecule has 0 aliphatic carbocycles. The zero-order chi connectivity index (χ0) is 18.2. The second-order valence-electron chi connectivity index (χ2n) is 5.79. The number of hydrogen-bond acceptors (Lipinski definition) is 6. The number of rotatable bonds is 6. The van der Waals surface area contributed by atoms with Crippen molar-refractivity contribution < 1.29 is 14.3 Å². The molecule has 1 aliphatic rings. The van der Waals surface area contributed by atoms with Gasteiger partial charge in [-0.3, -0.25) is 4.79 Å². The number of nitrogens with zero attached hydrogens (tertiary/aromatic N) is 2. The number of aromatic nitrogens is 1. The maximum atomic E-state index is 12.3. The van der Waals surface area contributed by atoms with E-state index in [0.717, 1.165) is 5.03 Å². The Morgan fingerprint density at radius 2 is 2.19 bits per heavy atom. The van der Waals surface area contributed by atoms with Crippen LogP contribution in [0.2, 0.25) is 0 Å². The van der Waals surface area contributed by atoms with Gasteiger partial charge in [-0.2, -0.15) is 5.26 Å². The van der Waals surface area contributed by atoms with Gasteiger partial charge in [0.15, 0.2) is 0 Å². The summed E-state index contributed by atoms with van der Waals surface area (Å²) < 4.78 is 11.5. The molecule has 2 aromatic rings. The number of nitriles is 1. The van der Waals surface area contributed by atoms with Gasteiger partial charge in [-0.05, 0) is 42.8 Å². The van der Waals surface area contributed by atoms with E-state index in [2.05, 4.69) is 16.4 Å². The van der Waals surface area contributed by atoms with E-state index in [0.29, 0.717) is 36.7 Å². The molecule has 0 saturated carbocycles. The molecule has 2 atom stereocenters. The monoisotopic (exact) mass is 369 g/mol. The van der Waals surface area contributed by atoms with Crippen molar-refractivity contribution in [2.75, 3.05) is 19.0 Å². The molecule has 1 aromatic carbocycles.